The van der Waals surface area contributed by atoms with E-state index in [1.807, 2.05) is 36.6 Å². The Bertz CT molecular complexity index is 606. The zero-order valence-corrected chi connectivity index (χ0v) is 13.4. The topological polar surface area (TPSA) is 54.0 Å². The van der Waals surface area contributed by atoms with E-state index < -0.39 is 0 Å². The molecular formula is C15H18ClN3OS. The molecule has 0 aliphatic carbocycles. The maximum absolute atomic E-state index is 12.0. The summed E-state index contributed by atoms with van der Waals surface area (Å²) in [7, 11) is 0. The molecule has 6 heteroatoms. The fourth-order valence-electron chi connectivity index (χ4n) is 2.31. The average Bonchev–Trinajstić information content (AvgIpc) is 3.10. The molecule has 2 heterocycles. The first kappa shape index (κ1) is 15.9. The van der Waals surface area contributed by atoms with Gasteiger partial charge in [-0.3, -0.25) is 4.79 Å². The molecule has 1 amide bonds. The van der Waals surface area contributed by atoms with Crippen molar-refractivity contribution in [3.8, 4) is 10.6 Å². The molecule has 1 aliphatic heterocycles. The average molecular weight is 324 g/mol. The standard InChI is InChI=1S/C15H17N3OS.ClH/c1-10-9-20-15(17-10)11-2-4-13(5-3-11)18-14(19)12-6-7-16-8-12;/h2-5,9,12,16H,6-8H2,1H3,(H,18,19);1H. The zero-order valence-electron chi connectivity index (χ0n) is 11.8. The summed E-state index contributed by atoms with van der Waals surface area (Å²) in [5.74, 6) is 0.198. The monoisotopic (exact) mass is 323 g/mol. The second-order valence-corrected chi connectivity index (χ2v) is 5.91. The van der Waals surface area contributed by atoms with Crippen LogP contribution in [-0.2, 0) is 4.79 Å². The lowest BCUT2D eigenvalue weighted by Crippen LogP contribution is -2.24. The highest BCUT2D eigenvalue weighted by atomic mass is 35.5. The first-order valence-electron chi connectivity index (χ1n) is 6.76. The fraction of sp³-hybridized carbons (Fsp3) is 0.333. The summed E-state index contributed by atoms with van der Waals surface area (Å²) in [6.45, 7) is 3.70. The molecule has 1 aromatic heterocycles. The van der Waals surface area contributed by atoms with E-state index in [4.69, 9.17) is 0 Å². The van der Waals surface area contributed by atoms with Gasteiger partial charge >= 0.3 is 0 Å². The molecule has 2 aromatic rings. The van der Waals surface area contributed by atoms with Gasteiger partial charge in [-0.05, 0) is 44.2 Å². The maximum Gasteiger partial charge on any atom is 0.228 e. The smallest absolute Gasteiger partial charge is 0.228 e. The van der Waals surface area contributed by atoms with Crippen LogP contribution in [0.1, 0.15) is 12.1 Å². The molecule has 1 aromatic carbocycles. The van der Waals surface area contributed by atoms with Crippen molar-refractivity contribution in [3.05, 3.63) is 35.3 Å². The normalized spacial score (nSPS) is 17.3. The van der Waals surface area contributed by atoms with Gasteiger partial charge in [-0.25, -0.2) is 4.98 Å². The number of rotatable bonds is 3. The first-order valence-corrected chi connectivity index (χ1v) is 7.64. The number of aryl methyl sites for hydroxylation is 1. The van der Waals surface area contributed by atoms with E-state index in [9.17, 15) is 4.79 Å². The van der Waals surface area contributed by atoms with Crippen LogP contribution in [0.4, 0.5) is 5.69 Å². The SMILES string of the molecule is Cc1csc(-c2ccc(NC(=O)C3CCNC3)cc2)n1.Cl. The van der Waals surface area contributed by atoms with Crippen molar-refractivity contribution in [2.45, 2.75) is 13.3 Å². The van der Waals surface area contributed by atoms with Gasteiger partial charge in [0.2, 0.25) is 5.91 Å². The van der Waals surface area contributed by atoms with Gasteiger partial charge in [0, 0.05) is 28.9 Å². The molecule has 2 N–H and O–H groups in total. The zero-order chi connectivity index (χ0) is 13.9. The molecule has 4 nitrogen and oxygen atoms in total. The summed E-state index contributed by atoms with van der Waals surface area (Å²) in [6.07, 6.45) is 0.919. The summed E-state index contributed by atoms with van der Waals surface area (Å²) in [5, 5.41) is 9.23. The third-order valence-electron chi connectivity index (χ3n) is 3.45. The molecule has 0 bridgehead atoms. The van der Waals surface area contributed by atoms with Crippen molar-refractivity contribution < 1.29 is 4.79 Å². The quantitative estimate of drug-likeness (QED) is 0.912. The van der Waals surface area contributed by atoms with Gasteiger partial charge in [0.1, 0.15) is 5.01 Å². The van der Waals surface area contributed by atoms with E-state index in [-0.39, 0.29) is 24.2 Å². The third kappa shape index (κ3) is 3.81. The van der Waals surface area contributed by atoms with Gasteiger partial charge in [-0.2, -0.15) is 0 Å². The van der Waals surface area contributed by atoms with E-state index in [1.165, 1.54) is 0 Å². The molecular weight excluding hydrogens is 306 g/mol. The van der Waals surface area contributed by atoms with Crippen LogP contribution >= 0.6 is 23.7 Å². The fourth-order valence-corrected chi connectivity index (χ4v) is 3.11. The molecule has 0 radical (unpaired) electrons. The van der Waals surface area contributed by atoms with Crippen molar-refractivity contribution in [1.29, 1.82) is 0 Å². The highest BCUT2D eigenvalue weighted by molar-refractivity contribution is 7.13. The molecule has 1 saturated heterocycles. The molecule has 1 unspecified atom stereocenters. The van der Waals surface area contributed by atoms with Crippen LogP contribution in [0.5, 0.6) is 0 Å². The second-order valence-electron chi connectivity index (χ2n) is 5.05. The molecule has 1 aliphatic rings. The Labute approximate surface area is 134 Å². The minimum Gasteiger partial charge on any atom is -0.326 e. The van der Waals surface area contributed by atoms with E-state index in [0.29, 0.717) is 0 Å². The van der Waals surface area contributed by atoms with E-state index in [0.717, 1.165) is 41.5 Å². The van der Waals surface area contributed by atoms with Crippen LogP contribution in [0.2, 0.25) is 0 Å². The molecule has 1 atom stereocenters. The lowest BCUT2D eigenvalue weighted by Gasteiger charge is -2.10. The van der Waals surface area contributed by atoms with Crippen LogP contribution < -0.4 is 10.6 Å². The van der Waals surface area contributed by atoms with Crippen molar-refractivity contribution in [1.82, 2.24) is 10.3 Å². The van der Waals surface area contributed by atoms with Gasteiger partial charge in [0.15, 0.2) is 0 Å². The van der Waals surface area contributed by atoms with Crippen molar-refractivity contribution in [2.24, 2.45) is 5.92 Å². The summed E-state index contributed by atoms with van der Waals surface area (Å²) >= 11 is 1.64. The van der Waals surface area contributed by atoms with Gasteiger partial charge in [-0.15, -0.1) is 23.7 Å². The number of halogens is 1. The number of nitrogens with one attached hydrogen (secondary N) is 2. The van der Waals surface area contributed by atoms with Crippen LogP contribution in [0.25, 0.3) is 10.6 Å². The van der Waals surface area contributed by atoms with Gasteiger partial charge in [-0.1, -0.05) is 0 Å². The van der Waals surface area contributed by atoms with Crippen LogP contribution in [0.3, 0.4) is 0 Å². The molecule has 21 heavy (non-hydrogen) atoms. The number of nitrogens with zero attached hydrogens (tertiary/aromatic N) is 1. The summed E-state index contributed by atoms with van der Waals surface area (Å²) in [5.41, 5.74) is 2.97. The van der Waals surface area contributed by atoms with Crippen molar-refractivity contribution in [3.63, 3.8) is 0 Å². The molecule has 1 fully saturated rings. The van der Waals surface area contributed by atoms with Crippen LogP contribution in [0, 0.1) is 12.8 Å². The minimum absolute atomic E-state index is 0. The van der Waals surface area contributed by atoms with Crippen LogP contribution in [0.15, 0.2) is 29.6 Å². The lowest BCUT2D eigenvalue weighted by atomic mass is 10.1. The third-order valence-corrected chi connectivity index (χ3v) is 4.46. The Morgan fingerprint density at radius 1 is 1.38 bits per heavy atom. The number of amides is 1. The van der Waals surface area contributed by atoms with Crippen molar-refractivity contribution in [2.75, 3.05) is 18.4 Å². The number of thiazole rings is 1. The lowest BCUT2D eigenvalue weighted by molar-refractivity contribution is -0.119. The van der Waals surface area contributed by atoms with E-state index >= 15 is 0 Å². The van der Waals surface area contributed by atoms with Crippen LogP contribution in [-0.4, -0.2) is 24.0 Å². The predicted molar refractivity (Wildman–Crippen MR) is 89.1 cm³/mol. The second kappa shape index (κ2) is 7.02. The van der Waals surface area contributed by atoms with E-state index in [1.54, 1.807) is 11.3 Å². The number of carbonyl (C=O) groups is 1. The molecule has 3 rings (SSSR count). The summed E-state index contributed by atoms with van der Waals surface area (Å²) in [6, 6.07) is 7.88. The Kier molecular flexibility index (Phi) is 5.33. The predicted octanol–water partition coefficient (Wildman–Crippen LogP) is 3.09. The minimum atomic E-state index is 0. The van der Waals surface area contributed by atoms with Crippen molar-refractivity contribution >= 4 is 35.3 Å². The molecule has 112 valence electrons. The number of hydrogen-bond acceptors (Lipinski definition) is 4. The Balaban J connectivity index is 0.00000161. The largest absolute Gasteiger partial charge is 0.326 e. The first-order chi connectivity index (χ1) is 9.72. The molecule has 0 saturated carbocycles. The number of anilines is 1. The Hall–Kier alpha value is -1.43. The van der Waals surface area contributed by atoms with Gasteiger partial charge in [0.25, 0.3) is 0 Å². The Morgan fingerprint density at radius 3 is 2.71 bits per heavy atom. The highest BCUT2D eigenvalue weighted by Crippen LogP contribution is 2.25. The summed E-state index contributed by atoms with van der Waals surface area (Å²) < 4.78 is 0. The van der Waals surface area contributed by atoms with Gasteiger partial charge in [0.05, 0.1) is 5.92 Å². The molecule has 0 spiro atoms. The number of hydrogen-bond donors (Lipinski definition) is 2. The summed E-state index contributed by atoms with van der Waals surface area (Å²) in [4.78, 5) is 16.5. The number of carbonyl (C=O) groups excluding carboxylic acids is 1. The van der Waals surface area contributed by atoms with Gasteiger partial charge < -0.3 is 10.6 Å². The highest BCUT2D eigenvalue weighted by Gasteiger charge is 2.22. The van der Waals surface area contributed by atoms with E-state index in [2.05, 4.69) is 15.6 Å². The number of benzene rings is 1. The Morgan fingerprint density at radius 2 is 2.14 bits per heavy atom. The number of aromatic nitrogens is 1. The maximum atomic E-state index is 12.0.